The van der Waals surface area contributed by atoms with E-state index in [1.54, 1.807) is 18.2 Å². The second kappa shape index (κ2) is 8.86. The zero-order valence-electron chi connectivity index (χ0n) is 13.7. The Labute approximate surface area is 146 Å². The van der Waals surface area contributed by atoms with Crippen molar-refractivity contribution in [2.24, 2.45) is 0 Å². The van der Waals surface area contributed by atoms with Gasteiger partial charge in [0, 0.05) is 18.2 Å². The van der Waals surface area contributed by atoms with Crippen LogP contribution in [0.25, 0.3) is 0 Å². The number of urea groups is 1. The van der Waals surface area contributed by atoms with Crippen molar-refractivity contribution in [1.29, 1.82) is 0 Å². The van der Waals surface area contributed by atoms with E-state index in [4.69, 9.17) is 21.1 Å². The summed E-state index contributed by atoms with van der Waals surface area (Å²) in [6.07, 6.45) is -0.164. The van der Waals surface area contributed by atoms with E-state index in [1.165, 1.54) is 0 Å². The van der Waals surface area contributed by atoms with Gasteiger partial charge in [-0.3, -0.25) is 4.79 Å². The fourth-order valence-corrected chi connectivity index (χ4v) is 2.30. The normalized spacial score (nSPS) is 17.4. The molecule has 1 aliphatic rings. The molecule has 0 radical (unpaired) electrons. The van der Waals surface area contributed by atoms with Crippen molar-refractivity contribution in [3.05, 3.63) is 28.8 Å². The Morgan fingerprint density at radius 2 is 2.12 bits per heavy atom. The summed E-state index contributed by atoms with van der Waals surface area (Å²) in [5.41, 5.74) is 0.791. The van der Waals surface area contributed by atoms with Gasteiger partial charge in [0.2, 0.25) is 0 Å². The summed E-state index contributed by atoms with van der Waals surface area (Å²) in [7, 11) is 0. The smallest absolute Gasteiger partial charge is 0.319 e. The number of carbonyl (C=O) groups is 2. The van der Waals surface area contributed by atoms with Crippen LogP contribution in [0.4, 0.5) is 10.5 Å². The second-order valence-corrected chi connectivity index (χ2v) is 6.13. The molecule has 7 nitrogen and oxygen atoms in total. The SMILES string of the molecule is CC(C)NC(=O)c1ccc(Cl)c(NC(=O)NCC2COCCO2)c1. The van der Waals surface area contributed by atoms with Gasteiger partial charge in [-0.2, -0.15) is 0 Å². The van der Waals surface area contributed by atoms with E-state index in [2.05, 4.69) is 16.0 Å². The largest absolute Gasteiger partial charge is 0.376 e. The molecule has 1 saturated heterocycles. The first-order valence-corrected chi connectivity index (χ1v) is 8.18. The van der Waals surface area contributed by atoms with E-state index in [1.807, 2.05) is 13.8 Å². The third-order valence-corrected chi connectivity index (χ3v) is 3.60. The number of rotatable bonds is 5. The highest BCUT2D eigenvalue weighted by Gasteiger charge is 2.16. The molecule has 1 aromatic rings. The van der Waals surface area contributed by atoms with Crippen molar-refractivity contribution in [2.75, 3.05) is 31.7 Å². The second-order valence-electron chi connectivity index (χ2n) is 5.73. The fourth-order valence-electron chi connectivity index (χ4n) is 2.14. The highest BCUT2D eigenvalue weighted by atomic mass is 35.5. The molecule has 1 aliphatic heterocycles. The molecule has 1 fully saturated rings. The van der Waals surface area contributed by atoms with Crippen molar-refractivity contribution < 1.29 is 19.1 Å². The number of amides is 3. The maximum atomic E-state index is 12.0. The van der Waals surface area contributed by atoms with E-state index in [0.29, 0.717) is 42.6 Å². The van der Waals surface area contributed by atoms with Gasteiger partial charge in [0.05, 0.1) is 36.6 Å². The molecule has 132 valence electrons. The molecule has 1 unspecified atom stereocenters. The molecule has 0 aliphatic carbocycles. The van der Waals surface area contributed by atoms with Crippen molar-refractivity contribution in [3.8, 4) is 0 Å². The Hall–Kier alpha value is -1.83. The van der Waals surface area contributed by atoms with Gasteiger partial charge in [-0.05, 0) is 32.0 Å². The lowest BCUT2D eigenvalue weighted by Gasteiger charge is -2.23. The minimum atomic E-state index is -0.424. The molecule has 1 heterocycles. The van der Waals surface area contributed by atoms with E-state index in [-0.39, 0.29) is 18.1 Å². The zero-order chi connectivity index (χ0) is 17.5. The molecule has 24 heavy (non-hydrogen) atoms. The first-order chi connectivity index (χ1) is 11.5. The van der Waals surface area contributed by atoms with Gasteiger partial charge < -0.3 is 25.4 Å². The lowest BCUT2D eigenvalue weighted by molar-refractivity contribution is -0.0852. The number of hydrogen-bond donors (Lipinski definition) is 3. The van der Waals surface area contributed by atoms with Crippen molar-refractivity contribution in [1.82, 2.24) is 10.6 Å². The molecule has 0 bridgehead atoms. The van der Waals surface area contributed by atoms with E-state index in [0.717, 1.165) is 0 Å². The summed E-state index contributed by atoms with van der Waals surface area (Å²) in [6, 6.07) is 4.32. The number of hydrogen-bond acceptors (Lipinski definition) is 4. The Morgan fingerprint density at radius 1 is 1.33 bits per heavy atom. The van der Waals surface area contributed by atoms with Crippen LogP contribution in [0.3, 0.4) is 0 Å². The number of anilines is 1. The molecular weight excluding hydrogens is 334 g/mol. The molecule has 3 amide bonds. The molecule has 2 rings (SSSR count). The van der Waals surface area contributed by atoms with E-state index < -0.39 is 6.03 Å². The molecular formula is C16H22ClN3O4. The molecule has 1 atom stereocenters. The maximum absolute atomic E-state index is 12.0. The summed E-state index contributed by atoms with van der Waals surface area (Å²) in [5, 5.41) is 8.47. The van der Waals surface area contributed by atoms with Crippen LogP contribution in [0.15, 0.2) is 18.2 Å². The standard InChI is InChI=1S/C16H22ClN3O4/c1-10(2)19-15(21)11-3-4-13(17)14(7-11)20-16(22)18-8-12-9-23-5-6-24-12/h3-4,7,10,12H,5-6,8-9H2,1-2H3,(H,19,21)(H2,18,20,22). The van der Waals surface area contributed by atoms with Crippen LogP contribution < -0.4 is 16.0 Å². The van der Waals surface area contributed by atoms with Crippen LogP contribution in [-0.4, -0.2) is 50.4 Å². The highest BCUT2D eigenvalue weighted by Crippen LogP contribution is 2.23. The molecule has 8 heteroatoms. The zero-order valence-corrected chi connectivity index (χ0v) is 14.5. The minimum Gasteiger partial charge on any atom is -0.376 e. The summed E-state index contributed by atoms with van der Waals surface area (Å²) < 4.78 is 10.7. The first-order valence-electron chi connectivity index (χ1n) is 7.80. The predicted molar refractivity (Wildman–Crippen MR) is 91.6 cm³/mol. The highest BCUT2D eigenvalue weighted by molar-refractivity contribution is 6.33. The first kappa shape index (κ1) is 18.5. The molecule has 3 N–H and O–H groups in total. The molecule has 0 spiro atoms. The maximum Gasteiger partial charge on any atom is 0.319 e. The van der Waals surface area contributed by atoms with Gasteiger partial charge in [0.25, 0.3) is 5.91 Å². The van der Waals surface area contributed by atoms with Gasteiger partial charge in [-0.1, -0.05) is 11.6 Å². The average molecular weight is 356 g/mol. The summed E-state index contributed by atoms with van der Waals surface area (Å²) >= 11 is 6.08. The minimum absolute atomic E-state index is 0.0191. The quantitative estimate of drug-likeness (QED) is 0.754. The molecule has 0 saturated carbocycles. The van der Waals surface area contributed by atoms with Crippen LogP contribution >= 0.6 is 11.6 Å². The van der Waals surface area contributed by atoms with Crippen molar-refractivity contribution >= 4 is 29.2 Å². The Morgan fingerprint density at radius 3 is 2.79 bits per heavy atom. The van der Waals surface area contributed by atoms with E-state index >= 15 is 0 Å². The van der Waals surface area contributed by atoms with Crippen LogP contribution in [-0.2, 0) is 9.47 Å². The number of halogens is 1. The Balaban J connectivity index is 1.92. The van der Waals surface area contributed by atoms with Crippen molar-refractivity contribution in [2.45, 2.75) is 26.0 Å². The van der Waals surface area contributed by atoms with Crippen LogP contribution in [0.5, 0.6) is 0 Å². The van der Waals surface area contributed by atoms with Gasteiger partial charge in [0.1, 0.15) is 0 Å². The lowest BCUT2D eigenvalue weighted by Crippen LogP contribution is -2.41. The fraction of sp³-hybridized carbons (Fsp3) is 0.500. The number of nitrogens with one attached hydrogen (secondary N) is 3. The van der Waals surface area contributed by atoms with Gasteiger partial charge in [-0.15, -0.1) is 0 Å². The summed E-state index contributed by atoms with van der Waals surface area (Å²) in [6.45, 7) is 5.62. The van der Waals surface area contributed by atoms with Crippen molar-refractivity contribution in [3.63, 3.8) is 0 Å². The number of carbonyl (C=O) groups excluding carboxylic acids is 2. The van der Waals surface area contributed by atoms with E-state index in [9.17, 15) is 9.59 Å². The van der Waals surface area contributed by atoms with Gasteiger partial charge in [0.15, 0.2) is 0 Å². The Kier molecular flexibility index (Phi) is 6.84. The number of ether oxygens (including phenoxy) is 2. The third-order valence-electron chi connectivity index (χ3n) is 3.27. The van der Waals surface area contributed by atoms with Crippen LogP contribution in [0, 0.1) is 0 Å². The summed E-state index contributed by atoms with van der Waals surface area (Å²) in [5.74, 6) is -0.224. The third kappa shape index (κ3) is 5.67. The lowest BCUT2D eigenvalue weighted by atomic mass is 10.1. The topological polar surface area (TPSA) is 88.7 Å². The van der Waals surface area contributed by atoms with Gasteiger partial charge >= 0.3 is 6.03 Å². The van der Waals surface area contributed by atoms with Crippen LogP contribution in [0.1, 0.15) is 24.2 Å². The molecule has 0 aromatic heterocycles. The van der Waals surface area contributed by atoms with Crippen LogP contribution in [0.2, 0.25) is 5.02 Å². The summed E-state index contributed by atoms with van der Waals surface area (Å²) in [4.78, 5) is 24.0. The average Bonchev–Trinajstić information content (AvgIpc) is 2.55. The molecule has 1 aromatic carbocycles. The predicted octanol–water partition coefficient (Wildman–Crippen LogP) is 2.02. The number of benzene rings is 1. The monoisotopic (exact) mass is 355 g/mol. The Bertz CT molecular complexity index is 589. The van der Waals surface area contributed by atoms with Gasteiger partial charge in [-0.25, -0.2) is 4.79 Å².